The number of carbonyl (C=O) groups is 1. The first kappa shape index (κ1) is 17.7. The fraction of sp³-hybridized carbons (Fsp3) is 0.409. The van der Waals surface area contributed by atoms with Gasteiger partial charge in [-0.1, -0.05) is 48.9 Å². The zero-order valence-corrected chi connectivity index (χ0v) is 15.8. The molecular formula is C22H23ClO3. The number of hydrogen-bond acceptors (Lipinski definition) is 3. The van der Waals surface area contributed by atoms with Crippen LogP contribution in [0.25, 0.3) is 11.1 Å². The van der Waals surface area contributed by atoms with Gasteiger partial charge in [0.15, 0.2) is 5.78 Å². The van der Waals surface area contributed by atoms with E-state index in [9.17, 15) is 9.90 Å². The van der Waals surface area contributed by atoms with Crippen LogP contribution in [0.15, 0.2) is 42.5 Å². The molecule has 4 rings (SSSR count). The lowest BCUT2D eigenvalue weighted by molar-refractivity contribution is -0.170. The monoisotopic (exact) mass is 370 g/mol. The molecule has 0 spiro atoms. The van der Waals surface area contributed by atoms with Crippen molar-refractivity contribution in [2.75, 3.05) is 0 Å². The Morgan fingerprint density at radius 3 is 2.58 bits per heavy atom. The van der Waals surface area contributed by atoms with Gasteiger partial charge in [-0.3, -0.25) is 4.79 Å². The molecule has 2 aliphatic rings. The van der Waals surface area contributed by atoms with Crippen LogP contribution in [0.1, 0.15) is 43.7 Å². The molecule has 2 unspecified atom stereocenters. The molecular weight excluding hydrogens is 348 g/mol. The Bertz CT molecular complexity index is 845. The summed E-state index contributed by atoms with van der Waals surface area (Å²) in [5.41, 5.74) is 3.47. The van der Waals surface area contributed by atoms with Crippen molar-refractivity contribution in [3.8, 4) is 11.1 Å². The molecule has 2 heterocycles. The number of aliphatic hydroxyl groups is 1. The average Bonchev–Trinajstić information content (AvgIpc) is 3.02. The van der Waals surface area contributed by atoms with Crippen molar-refractivity contribution in [2.24, 2.45) is 0 Å². The zero-order valence-electron chi connectivity index (χ0n) is 15.0. The van der Waals surface area contributed by atoms with E-state index in [1.807, 2.05) is 31.2 Å². The van der Waals surface area contributed by atoms with Gasteiger partial charge in [0.25, 0.3) is 0 Å². The van der Waals surface area contributed by atoms with E-state index >= 15 is 0 Å². The van der Waals surface area contributed by atoms with Gasteiger partial charge in [0.05, 0.1) is 17.6 Å². The summed E-state index contributed by atoms with van der Waals surface area (Å²) in [5, 5.41) is 11.7. The van der Waals surface area contributed by atoms with Gasteiger partial charge in [-0.05, 0) is 60.6 Å². The van der Waals surface area contributed by atoms with Crippen molar-refractivity contribution >= 4 is 17.4 Å². The zero-order chi connectivity index (χ0) is 18.5. The number of ketones is 1. The maximum Gasteiger partial charge on any atom is 0.171 e. The van der Waals surface area contributed by atoms with E-state index < -0.39 is 23.7 Å². The van der Waals surface area contributed by atoms with Crippen molar-refractivity contribution < 1.29 is 14.6 Å². The summed E-state index contributed by atoms with van der Waals surface area (Å²) in [5.74, 6) is -0.515. The van der Waals surface area contributed by atoms with Crippen LogP contribution in [-0.4, -0.2) is 28.7 Å². The fourth-order valence-corrected chi connectivity index (χ4v) is 4.46. The van der Waals surface area contributed by atoms with E-state index in [0.29, 0.717) is 11.4 Å². The summed E-state index contributed by atoms with van der Waals surface area (Å²) >= 11 is 6.00. The molecule has 2 saturated heterocycles. The van der Waals surface area contributed by atoms with Crippen molar-refractivity contribution in [2.45, 2.75) is 56.8 Å². The van der Waals surface area contributed by atoms with Crippen LogP contribution in [0.3, 0.4) is 0 Å². The molecule has 4 heteroatoms. The quantitative estimate of drug-likeness (QED) is 0.863. The van der Waals surface area contributed by atoms with Gasteiger partial charge in [0.1, 0.15) is 6.10 Å². The topological polar surface area (TPSA) is 46.5 Å². The van der Waals surface area contributed by atoms with Gasteiger partial charge in [-0.2, -0.15) is 0 Å². The Balaban J connectivity index is 1.81. The molecule has 0 aromatic heterocycles. The molecule has 136 valence electrons. The Labute approximate surface area is 158 Å². The third kappa shape index (κ3) is 2.79. The molecule has 2 aromatic carbocycles. The summed E-state index contributed by atoms with van der Waals surface area (Å²) < 4.78 is 5.85. The Kier molecular flexibility index (Phi) is 4.42. The predicted octanol–water partition coefficient (Wildman–Crippen LogP) is 4.53. The first-order chi connectivity index (χ1) is 12.4. The number of aliphatic hydroxyl groups excluding tert-OH is 1. The first-order valence-corrected chi connectivity index (χ1v) is 9.59. The maximum atomic E-state index is 13.0. The lowest BCUT2D eigenvalue weighted by atomic mass is 9.77. The third-order valence-electron chi connectivity index (χ3n) is 5.92. The Morgan fingerprint density at radius 2 is 1.88 bits per heavy atom. The lowest BCUT2D eigenvalue weighted by Crippen LogP contribution is -2.52. The number of ether oxygens (including phenoxy) is 1. The molecule has 0 aliphatic carbocycles. The smallest absolute Gasteiger partial charge is 0.171 e. The van der Waals surface area contributed by atoms with Gasteiger partial charge in [0, 0.05) is 5.02 Å². The molecule has 2 aliphatic heterocycles. The standard InChI is InChI=1S/C22H23ClO3/c1-3-13-4-5-15(14-6-8-16(23)9-7-14)12-17(13)19-20(24)18-10-11-22(2,26-18)21(19)25/h4-9,12,18-19,21,25H,3,10-11H2,1-2H3/t18-,19?,21?,22+/m0/s1. The summed E-state index contributed by atoms with van der Waals surface area (Å²) in [6, 6.07) is 13.9. The SMILES string of the molecule is CCc1ccc(-c2ccc(Cl)cc2)cc1C1C(=O)[C@@H]2CC[C@@](C)(O2)C1O. The molecule has 1 N–H and O–H groups in total. The predicted molar refractivity (Wildman–Crippen MR) is 103 cm³/mol. The van der Waals surface area contributed by atoms with Gasteiger partial charge in [-0.25, -0.2) is 0 Å². The number of rotatable bonds is 3. The molecule has 2 bridgehead atoms. The second-order valence-electron chi connectivity index (χ2n) is 7.56. The molecule has 0 amide bonds. The van der Waals surface area contributed by atoms with E-state index in [1.54, 1.807) is 0 Å². The van der Waals surface area contributed by atoms with Crippen molar-refractivity contribution in [3.05, 3.63) is 58.6 Å². The fourth-order valence-electron chi connectivity index (χ4n) is 4.34. The highest BCUT2D eigenvalue weighted by Crippen LogP contribution is 2.46. The van der Waals surface area contributed by atoms with Gasteiger partial charge >= 0.3 is 0 Å². The highest BCUT2D eigenvalue weighted by atomic mass is 35.5. The van der Waals surface area contributed by atoms with Gasteiger partial charge < -0.3 is 9.84 Å². The van der Waals surface area contributed by atoms with Crippen LogP contribution in [0.4, 0.5) is 0 Å². The lowest BCUT2D eigenvalue weighted by Gasteiger charge is -2.40. The molecule has 0 radical (unpaired) electrons. The Morgan fingerprint density at radius 1 is 1.19 bits per heavy atom. The molecule has 2 fully saturated rings. The van der Waals surface area contributed by atoms with E-state index in [1.165, 1.54) is 0 Å². The number of hydrogen-bond donors (Lipinski definition) is 1. The van der Waals surface area contributed by atoms with E-state index in [0.717, 1.165) is 35.1 Å². The summed E-state index contributed by atoms with van der Waals surface area (Å²) in [6.07, 6.45) is 1.02. The Hall–Kier alpha value is -1.68. The highest BCUT2D eigenvalue weighted by molar-refractivity contribution is 6.30. The van der Waals surface area contributed by atoms with Crippen LogP contribution in [-0.2, 0) is 16.0 Å². The minimum absolute atomic E-state index is 0.00966. The summed E-state index contributed by atoms with van der Waals surface area (Å²) in [4.78, 5) is 13.0. The van der Waals surface area contributed by atoms with Gasteiger partial charge in [-0.15, -0.1) is 0 Å². The summed E-state index contributed by atoms with van der Waals surface area (Å²) in [6.45, 7) is 4.00. The first-order valence-electron chi connectivity index (χ1n) is 9.21. The normalized spacial score (nSPS) is 30.6. The molecule has 26 heavy (non-hydrogen) atoms. The second-order valence-corrected chi connectivity index (χ2v) is 7.99. The van der Waals surface area contributed by atoms with Crippen LogP contribution >= 0.6 is 11.6 Å². The number of Topliss-reactive ketones (excluding diaryl/α,β-unsaturated/α-hetero) is 1. The van der Waals surface area contributed by atoms with Crippen molar-refractivity contribution in [3.63, 3.8) is 0 Å². The second kappa shape index (κ2) is 6.49. The average molecular weight is 371 g/mol. The highest BCUT2D eigenvalue weighted by Gasteiger charge is 2.55. The van der Waals surface area contributed by atoms with Crippen LogP contribution in [0.2, 0.25) is 5.02 Å². The van der Waals surface area contributed by atoms with E-state index in [-0.39, 0.29) is 5.78 Å². The molecule has 0 saturated carbocycles. The number of carbonyl (C=O) groups excluding carboxylic acids is 1. The molecule has 3 nitrogen and oxygen atoms in total. The molecule has 2 aromatic rings. The van der Waals surface area contributed by atoms with Gasteiger partial charge in [0.2, 0.25) is 0 Å². The van der Waals surface area contributed by atoms with Crippen LogP contribution in [0.5, 0.6) is 0 Å². The van der Waals surface area contributed by atoms with Crippen molar-refractivity contribution in [1.29, 1.82) is 0 Å². The minimum atomic E-state index is -0.820. The number of benzene rings is 2. The number of fused-ring (bicyclic) bond motifs is 2. The maximum absolute atomic E-state index is 13.0. The number of halogens is 1. The van der Waals surface area contributed by atoms with Crippen LogP contribution in [0, 0.1) is 0 Å². The minimum Gasteiger partial charge on any atom is -0.389 e. The van der Waals surface area contributed by atoms with E-state index in [2.05, 4.69) is 25.1 Å². The number of aryl methyl sites for hydroxylation is 1. The third-order valence-corrected chi connectivity index (χ3v) is 6.17. The van der Waals surface area contributed by atoms with Crippen LogP contribution < -0.4 is 0 Å². The van der Waals surface area contributed by atoms with Crippen molar-refractivity contribution in [1.82, 2.24) is 0 Å². The molecule has 4 atom stereocenters. The summed E-state index contributed by atoms with van der Waals surface area (Å²) in [7, 11) is 0. The van der Waals surface area contributed by atoms with E-state index in [4.69, 9.17) is 16.3 Å². The largest absolute Gasteiger partial charge is 0.389 e.